The molecular weight excluding hydrogens is 236 g/mol. The largest absolute Gasteiger partial charge is 0.478 e. The minimum Gasteiger partial charge on any atom is -0.478 e. The Labute approximate surface area is 117 Å². The van der Waals surface area contributed by atoms with Gasteiger partial charge in [0.05, 0.1) is 6.61 Å². The summed E-state index contributed by atoms with van der Waals surface area (Å²) in [5.74, 6) is 0.787. The molecule has 0 spiro atoms. The highest BCUT2D eigenvalue weighted by Crippen LogP contribution is 2.15. The molecule has 0 fully saturated rings. The molecule has 1 rings (SSSR count). The van der Waals surface area contributed by atoms with Crippen molar-refractivity contribution in [1.29, 1.82) is 0 Å². The van der Waals surface area contributed by atoms with Crippen molar-refractivity contribution in [3.8, 4) is 5.88 Å². The van der Waals surface area contributed by atoms with E-state index < -0.39 is 0 Å². The van der Waals surface area contributed by atoms with Gasteiger partial charge in [-0.3, -0.25) is 0 Å². The molecule has 0 aliphatic rings. The maximum absolute atomic E-state index is 5.78. The highest BCUT2D eigenvalue weighted by molar-refractivity contribution is 5.25. The smallest absolute Gasteiger partial charge is 0.213 e. The summed E-state index contributed by atoms with van der Waals surface area (Å²) in [4.78, 5) is 4.58. The van der Waals surface area contributed by atoms with Gasteiger partial charge in [-0.25, -0.2) is 4.98 Å². The van der Waals surface area contributed by atoms with Crippen molar-refractivity contribution in [2.24, 2.45) is 0 Å². The molecular formula is C16H28N2O. The molecule has 0 unspecified atom stereocenters. The van der Waals surface area contributed by atoms with Gasteiger partial charge in [-0.2, -0.15) is 0 Å². The van der Waals surface area contributed by atoms with Crippen LogP contribution < -0.4 is 10.1 Å². The standard InChI is InChI=1S/C16H28N2O/c1-4-7-8-10-19-16-12-14(13-17-6-3)11-15(18-16)9-5-2/h11-12,17H,4-10,13H2,1-3H3. The SMILES string of the molecule is CCCCCOc1cc(CNCC)cc(CCC)n1. The van der Waals surface area contributed by atoms with Crippen molar-refractivity contribution >= 4 is 0 Å². The van der Waals surface area contributed by atoms with E-state index in [1.807, 2.05) is 0 Å². The number of aryl methyl sites for hydroxylation is 1. The van der Waals surface area contributed by atoms with Gasteiger partial charge < -0.3 is 10.1 Å². The topological polar surface area (TPSA) is 34.1 Å². The fraction of sp³-hybridized carbons (Fsp3) is 0.688. The van der Waals surface area contributed by atoms with Gasteiger partial charge >= 0.3 is 0 Å². The van der Waals surface area contributed by atoms with Crippen LogP contribution in [0.4, 0.5) is 0 Å². The molecule has 0 radical (unpaired) electrons. The molecule has 0 saturated carbocycles. The zero-order chi connectivity index (χ0) is 13.9. The molecule has 1 aromatic heterocycles. The van der Waals surface area contributed by atoms with Crippen LogP contribution in [-0.4, -0.2) is 18.1 Å². The highest BCUT2D eigenvalue weighted by atomic mass is 16.5. The van der Waals surface area contributed by atoms with E-state index in [1.165, 1.54) is 18.4 Å². The Bertz CT molecular complexity index is 353. The Morgan fingerprint density at radius 3 is 2.63 bits per heavy atom. The number of pyridine rings is 1. The predicted octanol–water partition coefficient (Wildman–Crippen LogP) is 3.71. The van der Waals surface area contributed by atoms with Gasteiger partial charge in [-0.1, -0.05) is 40.0 Å². The average Bonchev–Trinajstić information content (AvgIpc) is 2.42. The quantitative estimate of drug-likeness (QED) is 0.654. The summed E-state index contributed by atoms with van der Waals surface area (Å²) in [5.41, 5.74) is 2.41. The molecule has 1 aromatic rings. The van der Waals surface area contributed by atoms with Gasteiger partial charge in [-0.05, 0) is 31.0 Å². The van der Waals surface area contributed by atoms with Crippen LogP contribution >= 0.6 is 0 Å². The second kappa shape index (κ2) is 9.79. The summed E-state index contributed by atoms with van der Waals surface area (Å²) >= 11 is 0. The van der Waals surface area contributed by atoms with Crippen molar-refractivity contribution in [1.82, 2.24) is 10.3 Å². The predicted molar refractivity (Wildman–Crippen MR) is 80.6 cm³/mol. The van der Waals surface area contributed by atoms with Crippen molar-refractivity contribution in [3.63, 3.8) is 0 Å². The van der Waals surface area contributed by atoms with Crippen LogP contribution in [0.5, 0.6) is 5.88 Å². The minimum absolute atomic E-state index is 0.775. The maximum atomic E-state index is 5.78. The lowest BCUT2D eigenvalue weighted by Crippen LogP contribution is -2.12. The number of hydrogen-bond acceptors (Lipinski definition) is 3. The third kappa shape index (κ3) is 6.58. The summed E-state index contributed by atoms with van der Waals surface area (Å²) in [5, 5.41) is 3.35. The summed E-state index contributed by atoms with van der Waals surface area (Å²) in [6.45, 7) is 9.15. The van der Waals surface area contributed by atoms with E-state index in [0.29, 0.717) is 0 Å². The normalized spacial score (nSPS) is 10.7. The minimum atomic E-state index is 0.775. The summed E-state index contributed by atoms with van der Waals surface area (Å²) in [6, 6.07) is 4.25. The Morgan fingerprint density at radius 1 is 1.11 bits per heavy atom. The number of unbranched alkanes of at least 4 members (excludes halogenated alkanes) is 2. The molecule has 0 aromatic carbocycles. The first kappa shape index (κ1) is 16.0. The lowest BCUT2D eigenvalue weighted by Gasteiger charge is -2.10. The van der Waals surface area contributed by atoms with Crippen molar-refractivity contribution in [2.75, 3.05) is 13.2 Å². The van der Waals surface area contributed by atoms with Crippen molar-refractivity contribution < 1.29 is 4.74 Å². The first-order chi connectivity index (χ1) is 9.30. The summed E-state index contributed by atoms with van der Waals surface area (Å²) in [7, 11) is 0. The summed E-state index contributed by atoms with van der Waals surface area (Å²) < 4.78 is 5.78. The Hall–Kier alpha value is -1.09. The van der Waals surface area contributed by atoms with E-state index in [0.717, 1.165) is 50.5 Å². The number of aromatic nitrogens is 1. The third-order valence-corrected chi connectivity index (χ3v) is 3.00. The van der Waals surface area contributed by atoms with Gasteiger partial charge in [0.1, 0.15) is 0 Å². The van der Waals surface area contributed by atoms with E-state index in [9.17, 15) is 0 Å². The van der Waals surface area contributed by atoms with Crippen LogP contribution in [0.25, 0.3) is 0 Å². The Morgan fingerprint density at radius 2 is 1.95 bits per heavy atom. The highest BCUT2D eigenvalue weighted by Gasteiger charge is 2.03. The van der Waals surface area contributed by atoms with Gasteiger partial charge in [-0.15, -0.1) is 0 Å². The van der Waals surface area contributed by atoms with Crippen molar-refractivity contribution in [3.05, 3.63) is 23.4 Å². The van der Waals surface area contributed by atoms with Crippen LogP contribution in [0.3, 0.4) is 0 Å². The Kier molecular flexibility index (Phi) is 8.23. The molecule has 1 heterocycles. The lowest BCUT2D eigenvalue weighted by molar-refractivity contribution is 0.293. The molecule has 0 atom stereocenters. The molecule has 0 saturated heterocycles. The first-order valence-electron chi connectivity index (χ1n) is 7.63. The molecule has 0 amide bonds. The van der Waals surface area contributed by atoms with Gasteiger partial charge in [0.25, 0.3) is 0 Å². The first-order valence-corrected chi connectivity index (χ1v) is 7.63. The van der Waals surface area contributed by atoms with Gasteiger partial charge in [0.2, 0.25) is 5.88 Å². The van der Waals surface area contributed by atoms with Gasteiger partial charge in [0, 0.05) is 18.3 Å². The fourth-order valence-electron chi connectivity index (χ4n) is 1.98. The zero-order valence-electron chi connectivity index (χ0n) is 12.7. The van der Waals surface area contributed by atoms with E-state index in [1.54, 1.807) is 0 Å². The molecule has 1 N–H and O–H groups in total. The molecule has 0 bridgehead atoms. The van der Waals surface area contributed by atoms with E-state index in [-0.39, 0.29) is 0 Å². The number of nitrogens with one attached hydrogen (secondary N) is 1. The van der Waals surface area contributed by atoms with E-state index in [2.05, 4.69) is 43.2 Å². The second-order valence-electron chi connectivity index (χ2n) is 4.89. The van der Waals surface area contributed by atoms with Crippen molar-refractivity contribution in [2.45, 2.75) is 59.4 Å². The number of ether oxygens (including phenoxy) is 1. The van der Waals surface area contributed by atoms with Crippen LogP contribution in [0.15, 0.2) is 12.1 Å². The monoisotopic (exact) mass is 264 g/mol. The zero-order valence-corrected chi connectivity index (χ0v) is 12.7. The van der Waals surface area contributed by atoms with Crippen LogP contribution in [-0.2, 0) is 13.0 Å². The summed E-state index contributed by atoms with van der Waals surface area (Å²) in [6.07, 6.45) is 5.69. The second-order valence-corrected chi connectivity index (χ2v) is 4.89. The molecule has 0 aliphatic carbocycles. The molecule has 19 heavy (non-hydrogen) atoms. The number of nitrogens with zero attached hydrogens (tertiary/aromatic N) is 1. The lowest BCUT2D eigenvalue weighted by atomic mass is 10.1. The average molecular weight is 264 g/mol. The van der Waals surface area contributed by atoms with E-state index >= 15 is 0 Å². The van der Waals surface area contributed by atoms with Crippen LogP contribution in [0.2, 0.25) is 0 Å². The molecule has 3 nitrogen and oxygen atoms in total. The van der Waals surface area contributed by atoms with E-state index in [4.69, 9.17) is 4.74 Å². The van der Waals surface area contributed by atoms with Crippen LogP contribution in [0.1, 0.15) is 57.7 Å². The van der Waals surface area contributed by atoms with Crippen LogP contribution in [0, 0.1) is 0 Å². The Balaban J connectivity index is 2.63. The van der Waals surface area contributed by atoms with Gasteiger partial charge in [0.15, 0.2) is 0 Å². The maximum Gasteiger partial charge on any atom is 0.213 e. The number of rotatable bonds is 10. The third-order valence-electron chi connectivity index (χ3n) is 3.00. The fourth-order valence-corrected chi connectivity index (χ4v) is 1.98. The molecule has 108 valence electrons. The molecule has 3 heteroatoms. The number of hydrogen-bond donors (Lipinski definition) is 1. The molecule has 0 aliphatic heterocycles.